The van der Waals surface area contributed by atoms with Gasteiger partial charge in [-0.15, -0.1) is 0 Å². The molecule has 1 unspecified atom stereocenters. The van der Waals surface area contributed by atoms with Crippen LogP contribution in [0.4, 0.5) is 4.39 Å². The molecule has 0 bridgehead atoms. The lowest BCUT2D eigenvalue weighted by Gasteiger charge is -2.39. The number of carbonyl (C=O) groups is 2. The van der Waals surface area contributed by atoms with Crippen LogP contribution in [0.15, 0.2) is 18.3 Å². The Morgan fingerprint density at radius 2 is 2.08 bits per heavy atom. The van der Waals surface area contributed by atoms with Crippen molar-refractivity contribution >= 4 is 21.4 Å². The molecule has 0 aromatic carbocycles. The van der Waals surface area contributed by atoms with Crippen molar-refractivity contribution in [1.29, 1.82) is 4.78 Å². The zero-order valence-corrected chi connectivity index (χ0v) is 22.8. The van der Waals surface area contributed by atoms with E-state index >= 15 is 0 Å². The number of hydrogen-bond acceptors (Lipinski definition) is 8. The standard InChI is InChI=1S/C26H35FN6O4S/c1-25(2)17(5-9-38(25,28)36)13-29-15-22(34)16-4-8-33(26(12-16)6-7-26)24(35)21-11-20(31-32-21)18-10-23(37-3)30-14-19(18)27/h10-11,14,16-17,28-29H,4-9,12-13,15H2,1-3H3,(H,31,32)/t16-,17-,38?/m0/s1. The fourth-order valence-electron chi connectivity index (χ4n) is 5.90. The van der Waals surface area contributed by atoms with Crippen molar-refractivity contribution in [3.05, 3.63) is 29.8 Å². The molecule has 2 aliphatic heterocycles. The van der Waals surface area contributed by atoms with Gasteiger partial charge in [0.05, 0.1) is 30.3 Å². The average Bonchev–Trinajstić information content (AvgIpc) is 3.39. The molecule has 0 radical (unpaired) electrons. The highest BCUT2D eigenvalue weighted by molar-refractivity contribution is 7.94. The Hall–Kier alpha value is -2.86. The van der Waals surface area contributed by atoms with Gasteiger partial charge < -0.3 is 15.0 Å². The summed E-state index contributed by atoms with van der Waals surface area (Å²) in [5.41, 5.74) is 0.435. The fourth-order valence-corrected chi connectivity index (χ4v) is 7.78. The predicted molar refractivity (Wildman–Crippen MR) is 140 cm³/mol. The molecule has 3 fully saturated rings. The van der Waals surface area contributed by atoms with Gasteiger partial charge in [-0.05, 0) is 64.5 Å². The van der Waals surface area contributed by atoms with Gasteiger partial charge in [0.25, 0.3) is 5.91 Å². The topological polar surface area (TPSA) is 141 Å². The Bertz CT molecular complexity index is 1350. The minimum Gasteiger partial charge on any atom is -0.481 e. The molecule has 12 heteroatoms. The summed E-state index contributed by atoms with van der Waals surface area (Å²) < 4.78 is 39.4. The number of likely N-dealkylation sites (tertiary alicyclic amines) is 1. The zero-order valence-electron chi connectivity index (χ0n) is 22.0. The third kappa shape index (κ3) is 4.72. The molecule has 38 heavy (non-hydrogen) atoms. The number of aromatic nitrogens is 3. The Morgan fingerprint density at radius 1 is 1.32 bits per heavy atom. The summed E-state index contributed by atoms with van der Waals surface area (Å²) in [6, 6.07) is 2.98. The number of nitrogens with zero attached hydrogens (tertiary/aromatic N) is 3. The highest BCUT2D eigenvalue weighted by atomic mass is 32.2. The lowest BCUT2D eigenvalue weighted by molar-refractivity contribution is -0.124. The number of amides is 1. The van der Waals surface area contributed by atoms with Gasteiger partial charge in [-0.1, -0.05) is 0 Å². The van der Waals surface area contributed by atoms with Crippen molar-refractivity contribution in [3.8, 4) is 17.1 Å². The largest absolute Gasteiger partial charge is 0.481 e. The van der Waals surface area contributed by atoms with Crippen molar-refractivity contribution in [2.45, 2.75) is 56.2 Å². The number of nitrogens with one attached hydrogen (secondary N) is 3. The first-order valence-corrected chi connectivity index (χ1v) is 14.8. The zero-order chi connectivity index (χ0) is 27.3. The number of pyridine rings is 1. The molecule has 206 valence electrons. The van der Waals surface area contributed by atoms with Gasteiger partial charge in [0, 0.05) is 45.1 Å². The summed E-state index contributed by atoms with van der Waals surface area (Å²) in [7, 11) is -1.16. The molecule has 2 aromatic rings. The van der Waals surface area contributed by atoms with Gasteiger partial charge in [0.1, 0.15) is 11.5 Å². The number of methoxy groups -OCH3 is 1. The minimum atomic E-state index is -2.61. The van der Waals surface area contributed by atoms with Crippen LogP contribution in [0.5, 0.6) is 5.88 Å². The predicted octanol–water partition coefficient (Wildman–Crippen LogP) is 3.01. The lowest BCUT2D eigenvalue weighted by atomic mass is 9.85. The van der Waals surface area contributed by atoms with E-state index in [4.69, 9.17) is 9.52 Å². The number of rotatable bonds is 8. The van der Waals surface area contributed by atoms with E-state index in [1.807, 2.05) is 18.7 Å². The summed E-state index contributed by atoms with van der Waals surface area (Å²) in [5, 5.41) is 10.2. The second-order valence-electron chi connectivity index (χ2n) is 11.3. The molecular weight excluding hydrogens is 511 g/mol. The Kier molecular flexibility index (Phi) is 6.83. The number of piperidine rings is 1. The number of ketones is 1. The number of hydrogen-bond donors (Lipinski definition) is 3. The van der Waals surface area contributed by atoms with Crippen LogP contribution < -0.4 is 10.1 Å². The number of halogens is 1. The monoisotopic (exact) mass is 546 g/mol. The molecule has 3 aliphatic rings. The van der Waals surface area contributed by atoms with Crippen LogP contribution >= 0.6 is 0 Å². The van der Waals surface area contributed by atoms with E-state index in [2.05, 4.69) is 20.5 Å². The SMILES string of the molecule is COc1cc(-c2cc(C(=O)N3CC[C@H](C(=O)CNC[C@@H]4CCS(=N)(=O)C4(C)C)CC34CC4)[nH]n2)c(F)cn1. The van der Waals surface area contributed by atoms with E-state index < -0.39 is 20.3 Å². The molecule has 2 saturated heterocycles. The van der Waals surface area contributed by atoms with Crippen molar-refractivity contribution in [3.63, 3.8) is 0 Å². The molecule has 5 rings (SSSR count). The maximum Gasteiger partial charge on any atom is 0.272 e. The highest BCUT2D eigenvalue weighted by Crippen LogP contribution is 2.50. The Morgan fingerprint density at radius 3 is 2.74 bits per heavy atom. The third-order valence-corrected chi connectivity index (χ3v) is 11.7. The first-order valence-electron chi connectivity index (χ1n) is 13.0. The molecular formula is C26H35FN6O4S. The highest BCUT2D eigenvalue weighted by Gasteiger charge is 2.54. The van der Waals surface area contributed by atoms with Crippen molar-refractivity contribution in [2.24, 2.45) is 11.8 Å². The number of aromatic amines is 1. The van der Waals surface area contributed by atoms with Crippen LogP contribution in [0, 0.1) is 22.4 Å². The maximum absolute atomic E-state index is 14.3. The first-order chi connectivity index (χ1) is 18.0. The van der Waals surface area contributed by atoms with E-state index in [0.29, 0.717) is 37.4 Å². The van der Waals surface area contributed by atoms with Crippen molar-refractivity contribution in [1.82, 2.24) is 25.4 Å². The molecule has 3 atom stereocenters. The van der Waals surface area contributed by atoms with Gasteiger partial charge in [-0.3, -0.25) is 19.5 Å². The summed E-state index contributed by atoms with van der Waals surface area (Å²) in [4.78, 5) is 32.1. The summed E-state index contributed by atoms with van der Waals surface area (Å²) in [5.74, 6) is 0.0213. The van der Waals surface area contributed by atoms with E-state index in [-0.39, 0.29) is 52.7 Å². The lowest BCUT2D eigenvalue weighted by Crippen LogP contribution is -2.50. The van der Waals surface area contributed by atoms with Crippen molar-refractivity contribution < 1.29 is 22.9 Å². The molecule has 1 amide bonds. The Labute approximate surface area is 222 Å². The quantitative estimate of drug-likeness (QED) is 0.462. The van der Waals surface area contributed by atoms with Crippen LogP contribution in [0.2, 0.25) is 0 Å². The van der Waals surface area contributed by atoms with Gasteiger partial charge in [-0.2, -0.15) is 5.10 Å². The fraction of sp³-hybridized carbons (Fsp3) is 0.615. The van der Waals surface area contributed by atoms with Crippen LogP contribution in [0.25, 0.3) is 11.3 Å². The molecule has 1 aliphatic carbocycles. The van der Waals surface area contributed by atoms with E-state index in [1.54, 1.807) is 0 Å². The molecule has 4 heterocycles. The molecule has 10 nitrogen and oxygen atoms in total. The number of carbonyl (C=O) groups excluding carboxylic acids is 2. The van der Waals surface area contributed by atoms with Crippen molar-refractivity contribution in [2.75, 3.05) is 32.5 Å². The molecule has 3 N–H and O–H groups in total. The summed E-state index contributed by atoms with van der Waals surface area (Å²) in [6.07, 6.45) is 4.70. The average molecular weight is 547 g/mol. The number of ether oxygens (including phenoxy) is 1. The van der Waals surface area contributed by atoms with Crippen LogP contribution in [-0.4, -0.2) is 78.8 Å². The van der Waals surface area contributed by atoms with Crippen LogP contribution in [-0.2, 0) is 14.5 Å². The molecule has 1 spiro atoms. The van der Waals surface area contributed by atoms with E-state index in [0.717, 1.165) is 25.5 Å². The molecule has 2 aromatic heterocycles. The van der Waals surface area contributed by atoms with Gasteiger partial charge in [0.2, 0.25) is 5.88 Å². The first kappa shape index (κ1) is 26.7. The second kappa shape index (κ2) is 9.71. The van der Waals surface area contributed by atoms with Crippen LogP contribution in [0.3, 0.4) is 0 Å². The van der Waals surface area contributed by atoms with Gasteiger partial charge in [0.15, 0.2) is 5.82 Å². The third-order valence-electron chi connectivity index (χ3n) is 8.83. The maximum atomic E-state index is 14.3. The number of H-pyrrole nitrogens is 1. The minimum absolute atomic E-state index is 0.107. The number of Topliss-reactive ketones (excluding diaryl/α,β-unsaturated/α-hetero) is 1. The molecule has 1 saturated carbocycles. The smallest absolute Gasteiger partial charge is 0.272 e. The van der Waals surface area contributed by atoms with E-state index in [1.165, 1.54) is 19.2 Å². The van der Waals surface area contributed by atoms with Gasteiger partial charge >= 0.3 is 0 Å². The Balaban J connectivity index is 1.19. The van der Waals surface area contributed by atoms with Gasteiger partial charge in [-0.25, -0.2) is 13.6 Å². The van der Waals surface area contributed by atoms with E-state index in [9.17, 15) is 18.2 Å². The summed E-state index contributed by atoms with van der Waals surface area (Å²) in [6.45, 7) is 5.06. The second-order valence-corrected chi connectivity index (χ2v) is 14.1. The summed E-state index contributed by atoms with van der Waals surface area (Å²) >= 11 is 0. The van der Waals surface area contributed by atoms with Crippen LogP contribution in [0.1, 0.15) is 56.4 Å². The normalized spacial score (nSPS) is 27.4.